The second kappa shape index (κ2) is 2.94. The Hall–Kier alpha value is -0.770. The Morgan fingerprint density at radius 1 is 1.17 bits per heavy atom. The van der Waals surface area contributed by atoms with Gasteiger partial charge in [0.05, 0.1) is 0 Å². The van der Waals surface area contributed by atoms with Crippen LogP contribution in [0.1, 0.15) is 12.8 Å². The maximum Gasteiger partial charge on any atom is 0.314 e. The van der Waals surface area contributed by atoms with Crippen molar-refractivity contribution in [3.63, 3.8) is 0 Å². The summed E-state index contributed by atoms with van der Waals surface area (Å²) in [6, 6.07) is -0.0220. The van der Waals surface area contributed by atoms with Crippen molar-refractivity contribution >= 4 is 6.03 Å². The van der Waals surface area contributed by atoms with Gasteiger partial charge in [0.2, 0.25) is 0 Å². The maximum atomic E-state index is 10.8. The minimum Gasteiger partial charge on any atom is -0.337 e. The van der Waals surface area contributed by atoms with Crippen LogP contribution < -0.4 is 16.0 Å². The predicted molar refractivity (Wildman–Crippen MR) is 45.9 cm³/mol. The molecule has 2 aliphatic heterocycles. The van der Waals surface area contributed by atoms with Crippen LogP contribution in [-0.2, 0) is 0 Å². The van der Waals surface area contributed by atoms with E-state index < -0.39 is 0 Å². The lowest BCUT2D eigenvalue weighted by Crippen LogP contribution is -2.59. The van der Waals surface area contributed by atoms with Crippen molar-refractivity contribution in [2.75, 3.05) is 26.2 Å². The first-order valence-corrected chi connectivity index (χ1v) is 4.53. The van der Waals surface area contributed by atoms with Gasteiger partial charge in [0.1, 0.15) is 0 Å². The molecule has 0 aromatic carbocycles. The Bertz CT molecular complexity index is 175. The summed E-state index contributed by atoms with van der Waals surface area (Å²) >= 11 is 0. The van der Waals surface area contributed by atoms with Gasteiger partial charge in [0, 0.05) is 25.0 Å². The van der Waals surface area contributed by atoms with Crippen LogP contribution in [0.25, 0.3) is 0 Å². The molecule has 68 valence electrons. The van der Waals surface area contributed by atoms with Crippen molar-refractivity contribution in [2.24, 2.45) is 5.41 Å². The smallest absolute Gasteiger partial charge is 0.314 e. The van der Waals surface area contributed by atoms with Crippen molar-refractivity contribution in [3.05, 3.63) is 0 Å². The molecule has 2 amide bonds. The Morgan fingerprint density at radius 2 is 1.92 bits per heavy atom. The highest BCUT2D eigenvalue weighted by Crippen LogP contribution is 2.25. The summed E-state index contributed by atoms with van der Waals surface area (Å²) in [6.07, 6.45) is 2.44. The largest absolute Gasteiger partial charge is 0.337 e. The van der Waals surface area contributed by atoms with Crippen LogP contribution in [0.5, 0.6) is 0 Å². The molecule has 3 N–H and O–H groups in total. The third-order valence-electron chi connectivity index (χ3n) is 2.81. The number of rotatable bonds is 0. The molecule has 0 unspecified atom stereocenters. The Morgan fingerprint density at radius 3 is 2.50 bits per heavy atom. The van der Waals surface area contributed by atoms with Gasteiger partial charge in [-0.1, -0.05) is 0 Å². The van der Waals surface area contributed by atoms with Gasteiger partial charge in [-0.3, -0.25) is 0 Å². The predicted octanol–water partition coefficient (Wildman–Crippen LogP) is -0.331. The molecule has 2 rings (SSSR count). The Kier molecular flexibility index (Phi) is 1.92. The second-order valence-electron chi connectivity index (χ2n) is 3.82. The number of urea groups is 1. The summed E-state index contributed by atoms with van der Waals surface area (Å²) in [5, 5.41) is 9.07. The van der Waals surface area contributed by atoms with Crippen LogP contribution in [0.3, 0.4) is 0 Å². The van der Waals surface area contributed by atoms with E-state index in [1.54, 1.807) is 0 Å². The summed E-state index contributed by atoms with van der Waals surface area (Å²) in [4.78, 5) is 10.8. The molecule has 0 radical (unpaired) electrons. The topological polar surface area (TPSA) is 53.2 Å². The lowest BCUT2D eigenvalue weighted by atomic mass is 9.79. The van der Waals surface area contributed by atoms with E-state index >= 15 is 0 Å². The first kappa shape index (κ1) is 7.86. The van der Waals surface area contributed by atoms with E-state index in [0.29, 0.717) is 0 Å². The molecule has 2 fully saturated rings. The lowest BCUT2D eigenvalue weighted by Gasteiger charge is -2.40. The first-order chi connectivity index (χ1) is 5.81. The third-order valence-corrected chi connectivity index (χ3v) is 2.81. The lowest BCUT2D eigenvalue weighted by molar-refractivity contribution is 0.165. The molecule has 2 aliphatic rings. The number of hydrogen-bond acceptors (Lipinski definition) is 2. The molecule has 0 saturated carbocycles. The van der Waals surface area contributed by atoms with E-state index in [2.05, 4.69) is 16.0 Å². The molecule has 0 aliphatic carbocycles. The monoisotopic (exact) mass is 169 g/mol. The molecular weight excluding hydrogens is 154 g/mol. The molecule has 2 heterocycles. The van der Waals surface area contributed by atoms with E-state index in [-0.39, 0.29) is 11.4 Å². The minimum atomic E-state index is -0.0220. The van der Waals surface area contributed by atoms with Crippen LogP contribution in [0.2, 0.25) is 0 Å². The van der Waals surface area contributed by atoms with Crippen LogP contribution in [0, 0.1) is 5.41 Å². The van der Waals surface area contributed by atoms with Crippen LogP contribution in [0.15, 0.2) is 0 Å². The van der Waals surface area contributed by atoms with Gasteiger partial charge in [-0.25, -0.2) is 4.79 Å². The highest BCUT2D eigenvalue weighted by molar-refractivity contribution is 5.74. The molecule has 0 aromatic rings. The molecule has 0 atom stereocenters. The van der Waals surface area contributed by atoms with E-state index in [1.165, 1.54) is 12.8 Å². The standard InChI is InChI=1S/C8H15N3O/c12-7-10-5-8(6-11-7)2-1-3-9-4-8/h9H,1-6H2,(H2,10,11,12). The third kappa shape index (κ3) is 1.39. The fraction of sp³-hybridized carbons (Fsp3) is 0.875. The van der Waals surface area contributed by atoms with Gasteiger partial charge in [0.15, 0.2) is 0 Å². The summed E-state index contributed by atoms with van der Waals surface area (Å²) in [6.45, 7) is 3.80. The SMILES string of the molecule is O=C1NCC2(CCCNC2)CN1. The normalized spacial score (nSPS) is 27.8. The van der Waals surface area contributed by atoms with Crippen molar-refractivity contribution in [2.45, 2.75) is 12.8 Å². The Balaban J connectivity index is 1.96. The highest BCUT2D eigenvalue weighted by Gasteiger charge is 2.35. The van der Waals surface area contributed by atoms with Gasteiger partial charge in [-0.2, -0.15) is 0 Å². The fourth-order valence-corrected chi connectivity index (χ4v) is 1.99. The minimum absolute atomic E-state index is 0.0220. The number of piperidine rings is 1. The molecule has 0 bridgehead atoms. The van der Waals surface area contributed by atoms with Gasteiger partial charge in [-0.05, 0) is 19.4 Å². The molecule has 0 aromatic heterocycles. The van der Waals surface area contributed by atoms with Gasteiger partial charge < -0.3 is 16.0 Å². The summed E-state index contributed by atoms with van der Waals surface area (Å²) < 4.78 is 0. The molecule has 1 spiro atoms. The zero-order chi connectivity index (χ0) is 8.44. The van der Waals surface area contributed by atoms with E-state index in [0.717, 1.165) is 26.2 Å². The zero-order valence-corrected chi connectivity index (χ0v) is 7.15. The quantitative estimate of drug-likeness (QED) is 0.465. The molecule has 4 nitrogen and oxygen atoms in total. The second-order valence-corrected chi connectivity index (χ2v) is 3.82. The van der Waals surface area contributed by atoms with Crippen LogP contribution in [-0.4, -0.2) is 32.2 Å². The number of carbonyl (C=O) groups is 1. The van der Waals surface area contributed by atoms with Crippen molar-refractivity contribution in [1.29, 1.82) is 0 Å². The van der Waals surface area contributed by atoms with Gasteiger partial charge in [-0.15, -0.1) is 0 Å². The number of hydrogen-bond donors (Lipinski definition) is 3. The van der Waals surface area contributed by atoms with Crippen molar-refractivity contribution in [3.8, 4) is 0 Å². The average molecular weight is 169 g/mol. The van der Waals surface area contributed by atoms with E-state index in [4.69, 9.17) is 0 Å². The Labute approximate surface area is 72.1 Å². The number of carbonyl (C=O) groups excluding carboxylic acids is 1. The first-order valence-electron chi connectivity index (χ1n) is 4.53. The summed E-state index contributed by atoms with van der Waals surface area (Å²) in [7, 11) is 0. The van der Waals surface area contributed by atoms with E-state index in [9.17, 15) is 4.79 Å². The van der Waals surface area contributed by atoms with E-state index in [1.807, 2.05) is 0 Å². The molecule has 2 saturated heterocycles. The van der Waals surface area contributed by atoms with Crippen LogP contribution in [0.4, 0.5) is 4.79 Å². The van der Waals surface area contributed by atoms with Gasteiger partial charge >= 0.3 is 6.03 Å². The average Bonchev–Trinajstić information content (AvgIpc) is 2.13. The summed E-state index contributed by atoms with van der Waals surface area (Å²) in [5.74, 6) is 0. The fourth-order valence-electron chi connectivity index (χ4n) is 1.99. The molecular formula is C8H15N3O. The zero-order valence-electron chi connectivity index (χ0n) is 7.15. The van der Waals surface area contributed by atoms with Crippen LogP contribution >= 0.6 is 0 Å². The maximum absolute atomic E-state index is 10.8. The summed E-state index contributed by atoms with van der Waals surface area (Å²) in [5.41, 5.74) is 0.284. The number of nitrogens with one attached hydrogen (secondary N) is 3. The molecule has 4 heteroatoms. The van der Waals surface area contributed by atoms with Crippen molar-refractivity contribution in [1.82, 2.24) is 16.0 Å². The number of amides is 2. The molecule has 12 heavy (non-hydrogen) atoms. The van der Waals surface area contributed by atoms with Gasteiger partial charge in [0.25, 0.3) is 0 Å². The highest BCUT2D eigenvalue weighted by atomic mass is 16.2. The van der Waals surface area contributed by atoms with Crippen molar-refractivity contribution < 1.29 is 4.79 Å².